The number of benzene rings is 1. The Labute approximate surface area is 117 Å². The van der Waals surface area contributed by atoms with Crippen LogP contribution in [0.3, 0.4) is 0 Å². The number of aromatic nitrogens is 1. The van der Waals surface area contributed by atoms with E-state index in [0.29, 0.717) is 18.1 Å². The smallest absolute Gasteiger partial charge is 0.162 e. The molecule has 20 heavy (non-hydrogen) atoms. The Morgan fingerprint density at radius 2 is 2.25 bits per heavy atom. The second kappa shape index (κ2) is 5.17. The van der Waals surface area contributed by atoms with Crippen LogP contribution >= 0.6 is 0 Å². The predicted molar refractivity (Wildman–Crippen MR) is 72.8 cm³/mol. The van der Waals surface area contributed by atoms with Crippen LogP contribution in [0.25, 0.3) is 11.3 Å². The summed E-state index contributed by atoms with van der Waals surface area (Å²) in [7, 11) is 0. The van der Waals surface area contributed by atoms with Gasteiger partial charge in [-0.15, -0.1) is 0 Å². The summed E-state index contributed by atoms with van der Waals surface area (Å²) in [6.07, 6.45) is 1.07. The number of aliphatic hydroxyl groups is 1. The fourth-order valence-corrected chi connectivity index (χ4v) is 2.43. The van der Waals surface area contributed by atoms with Gasteiger partial charge in [0.25, 0.3) is 0 Å². The van der Waals surface area contributed by atoms with E-state index in [2.05, 4.69) is 5.16 Å². The third-order valence-corrected chi connectivity index (χ3v) is 3.29. The molecule has 3 rings (SSSR count). The number of nitrogens with zero attached hydrogens (tertiary/aromatic N) is 1. The number of aliphatic hydroxyl groups excluding tert-OH is 1. The van der Waals surface area contributed by atoms with Gasteiger partial charge < -0.3 is 19.1 Å². The molecule has 1 aliphatic heterocycles. The minimum absolute atomic E-state index is 0.171. The highest BCUT2D eigenvalue weighted by Crippen LogP contribution is 2.39. The molecule has 2 heterocycles. The number of rotatable bonds is 4. The van der Waals surface area contributed by atoms with Crippen LogP contribution in [0.5, 0.6) is 11.5 Å². The zero-order valence-electron chi connectivity index (χ0n) is 11.5. The highest BCUT2D eigenvalue weighted by Gasteiger charge is 2.23. The molecule has 106 valence electrons. The Kier molecular flexibility index (Phi) is 3.36. The molecule has 5 heteroatoms. The summed E-state index contributed by atoms with van der Waals surface area (Å²) in [5.41, 5.74) is 2.61. The van der Waals surface area contributed by atoms with Gasteiger partial charge in [0, 0.05) is 23.6 Å². The van der Waals surface area contributed by atoms with Gasteiger partial charge in [-0.3, -0.25) is 0 Å². The minimum atomic E-state index is -0.171. The number of hydrogen-bond acceptors (Lipinski definition) is 5. The van der Waals surface area contributed by atoms with Gasteiger partial charge in [-0.25, -0.2) is 0 Å². The Morgan fingerprint density at radius 1 is 1.40 bits per heavy atom. The van der Waals surface area contributed by atoms with Crippen molar-refractivity contribution in [2.75, 3.05) is 6.61 Å². The molecule has 1 atom stereocenters. The second-order valence-electron chi connectivity index (χ2n) is 4.86. The molecule has 1 aromatic heterocycles. The van der Waals surface area contributed by atoms with Crippen LogP contribution in [0.2, 0.25) is 0 Å². The van der Waals surface area contributed by atoms with E-state index in [-0.39, 0.29) is 12.7 Å². The van der Waals surface area contributed by atoms with Crippen molar-refractivity contribution < 1.29 is 19.1 Å². The Morgan fingerprint density at radius 3 is 2.95 bits per heavy atom. The lowest BCUT2D eigenvalue weighted by Gasteiger charge is -2.10. The summed E-state index contributed by atoms with van der Waals surface area (Å²) < 4.78 is 16.5. The molecule has 0 aliphatic carbocycles. The van der Waals surface area contributed by atoms with Gasteiger partial charge in [0.05, 0.1) is 6.61 Å². The van der Waals surface area contributed by atoms with E-state index < -0.39 is 0 Å². The zero-order chi connectivity index (χ0) is 14.1. The lowest BCUT2D eigenvalue weighted by molar-refractivity contribution is 0.229. The number of ether oxygens (including phenoxy) is 2. The Bertz CT molecular complexity index is 620. The maximum Gasteiger partial charge on any atom is 0.162 e. The van der Waals surface area contributed by atoms with Crippen molar-refractivity contribution in [1.82, 2.24) is 5.16 Å². The van der Waals surface area contributed by atoms with Crippen LogP contribution < -0.4 is 9.47 Å². The van der Waals surface area contributed by atoms with Gasteiger partial charge in [-0.05, 0) is 26.0 Å². The maximum atomic E-state index is 9.07. The van der Waals surface area contributed by atoms with Crippen molar-refractivity contribution >= 4 is 0 Å². The van der Waals surface area contributed by atoms with Gasteiger partial charge in [-0.1, -0.05) is 5.16 Å². The van der Waals surface area contributed by atoms with Crippen LogP contribution in [0.4, 0.5) is 0 Å². The zero-order valence-corrected chi connectivity index (χ0v) is 11.5. The van der Waals surface area contributed by atoms with E-state index in [1.807, 2.05) is 26.0 Å². The topological polar surface area (TPSA) is 64.7 Å². The number of hydrogen-bond donors (Lipinski definition) is 1. The SMILES string of the molecule is CCOc1cc2c(cc1-c1cc(CO)on1)OC(C)C2. The van der Waals surface area contributed by atoms with E-state index in [0.717, 1.165) is 29.0 Å². The van der Waals surface area contributed by atoms with E-state index in [1.165, 1.54) is 0 Å². The first-order chi connectivity index (χ1) is 9.71. The fraction of sp³-hybridized carbons (Fsp3) is 0.400. The first-order valence-corrected chi connectivity index (χ1v) is 6.74. The van der Waals surface area contributed by atoms with Crippen molar-refractivity contribution in [2.45, 2.75) is 33.0 Å². The minimum Gasteiger partial charge on any atom is -0.493 e. The van der Waals surface area contributed by atoms with Crippen molar-refractivity contribution in [2.24, 2.45) is 0 Å². The summed E-state index contributed by atoms with van der Waals surface area (Å²) in [6.45, 7) is 4.39. The molecule has 0 radical (unpaired) electrons. The molecule has 1 N–H and O–H groups in total. The first kappa shape index (κ1) is 13.0. The van der Waals surface area contributed by atoms with Crippen LogP contribution in [-0.4, -0.2) is 23.0 Å². The molecule has 2 aromatic rings. The maximum absolute atomic E-state index is 9.07. The molecule has 0 spiro atoms. The lowest BCUT2D eigenvalue weighted by Crippen LogP contribution is -2.05. The average molecular weight is 275 g/mol. The standard InChI is InChI=1S/C15H17NO4/c1-3-18-15-5-10-4-9(2)19-14(10)7-12(15)13-6-11(8-17)20-16-13/h5-7,9,17H,3-4,8H2,1-2H3. The lowest BCUT2D eigenvalue weighted by atomic mass is 10.0. The van der Waals surface area contributed by atoms with Gasteiger partial charge in [0.15, 0.2) is 5.76 Å². The van der Waals surface area contributed by atoms with E-state index in [4.69, 9.17) is 19.1 Å². The molecule has 0 amide bonds. The van der Waals surface area contributed by atoms with Crippen LogP contribution in [0.15, 0.2) is 22.7 Å². The largest absolute Gasteiger partial charge is 0.493 e. The van der Waals surface area contributed by atoms with Crippen LogP contribution in [0, 0.1) is 0 Å². The molecule has 0 fully saturated rings. The number of fused-ring (bicyclic) bond motifs is 1. The van der Waals surface area contributed by atoms with E-state index >= 15 is 0 Å². The molecular weight excluding hydrogens is 258 g/mol. The van der Waals surface area contributed by atoms with Gasteiger partial charge >= 0.3 is 0 Å². The van der Waals surface area contributed by atoms with Crippen molar-refractivity contribution in [1.29, 1.82) is 0 Å². The molecule has 1 aliphatic rings. The van der Waals surface area contributed by atoms with Crippen molar-refractivity contribution in [3.8, 4) is 22.8 Å². The normalized spacial score (nSPS) is 16.9. The molecule has 1 aromatic carbocycles. The molecular formula is C15H17NO4. The highest BCUT2D eigenvalue weighted by molar-refractivity contribution is 5.71. The van der Waals surface area contributed by atoms with Crippen molar-refractivity contribution in [3.63, 3.8) is 0 Å². The van der Waals surface area contributed by atoms with Gasteiger partial charge in [0.1, 0.15) is 29.9 Å². The molecule has 1 unspecified atom stereocenters. The quantitative estimate of drug-likeness (QED) is 0.929. The monoisotopic (exact) mass is 275 g/mol. The fourth-order valence-electron chi connectivity index (χ4n) is 2.43. The van der Waals surface area contributed by atoms with Crippen LogP contribution in [-0.2, 0) is 13.0 Å². The summed E-state index contributed by atoms with van der Waals surface area (Å²) in [6, 6.07) is 5.65. The molecule has 0 saturated carbocycles. The van der Waals surface area contributed by atoms with Gasteiger partial charge in [-0.2, -0.15) is 0 Å². The van der Waals surface area contributed by atoms with Crippen molar-refractivity contribution in [3.05, 3.63) is 29.5 Å². The highest BCUT2D eigenvalue weighted by atomic mass is 16.5. The Hall–Kier alpha value is -2.01. The molecule has 0 saturated heterocycles. The van der Waals surface area contributed by atoms with E-state index in [1.54, 1.807) is 6.07 Å². The third-order valence-electron chi connectivity index (χ3n) is 3.29. The molecule has 5 nitrogen and oxygen atoms in total. The van der Waals surface area contributed by atoms with Gasteiger partial charge in [0.2, 0.25) is 0 Å². The molecule has 0 bridgehead atoms. The summed E-state index contributed by atoms with van der Waals surface area (Å²) in [5.74, 6) is 2.06. The third kappa shape index (κ3) is 2.25. The predicted octanol–water partition coefficient (Wildman–Crippen LogP) is 2.56. The Balaban J connectivity index is 2.06. The second-order valence-corrected chi connectivity index (χ2v) is 4.86. The summed E-state index contributed by atoms with van der Waals surface area (Å²) >= 11 is 0. The summed E-state index contributed by atoms with van der Waals surface area (Å²) in [4.78, 5) is 0. The average Bonchev–Trinajstić information content (AvgIpc) is 3.03. The van der Waals surface area contributed by atoms with Crippen LogP contribution in [0.1, 0.15) is 25.2 Å². The summed E-state index contributed by atoms with van der Waals surface area (Å²) in [5, 5.41) is 13.0. The first-order valence-electron chi connectivity index (χ1n) is 6.74. The van der Waals surface area contributed by atoms with E-state index in [9.17, 15) is 0 Å².